The van der Waals surface area contributed by atoms with E-state index in [2.05, 4.69) is 0 Å². The third-order valence-corrected chi connectivity index (χ3v) is 8.76. The molecule has 0 aliphatic carbocycles. The number of hydrogen-bond donors (Lipinski definition) is 1. The minimum absolute atomic E-state index is 0.0852. The number of rotatable bonds is 9. The second-order valence-corrected chi connectivity index (χ2v) is 11.6. The highest BCUT2D eigenvalue weighted by Gasteiger charge is 2.37. The van der Waals surface area contributed by atoms with Crippen LogP contribution in [0.25, 0.3) is 0 Å². The van der Waals surface area contributed by atoms with Crippen LogP contribution in [0.15, 0.2) is 53.4 Å². The van der Waals surface area contributed by atoms with Gasteiger partial charge in [-0.05, 0) is 54.2 Å². The quantitative estimate of drug-likeness (QED) is 0.211. The zero-order chi connectivity index (χ0) is 30.8. The lowest BCUT2D eigenvalue weighted by Crippen LogP contribution is -2.41. The van der Waals surface area contributed by atoms with Crippen molar-refractivity contribution in [3.8, 4) is 0 Å². The summed E-state index contributed by atoms with van der Waals surface area (Å²) in [6.45, 7) is 0.114. The van der Waals surface area contributed by atoms with Gasteiger partial charge in [-0.1, -0.05) is 24.3 Å². The SMILES string of the molecule is CN(CC(=O)N(Cc1ccc(C2CCOCC2)cc1)c1ccc(C(=O)O)cc1)S(=O)(=O)c1c(F)c(F)c(F)c(F)c1F. The number of carbonyl (C=O) groups excluding carboxylic acids is 1. The van der Waals surface area contributed by atoms with Crippen molar-refractivity contribution in [3.05, 3.63) is 94.3 Å². The Bertz CT molecular complexity index is 1570. The number of halogens is 5. The molecule has 0 saturated carbocycles. The number of aromatic carboxylic acids is 1. The Labute approximate surface area is 238 Å². The number of likely N-dealkylation sites (N-methyl/N-ethyl adjacent to an activating group) is 1. The van der Waals surface area contributed by atoms with Gasteiger partial charge >= 0.3 is 5.97 Å². The van der Waals surface area contributed by atoms with Crippen LogP contribution < -0.4 is 4.90 Å². The highest BCUT2D eigenvalue weighted by Crippen LogP contribution is 2.30. The molecule has 0 spiro atoms. The molecule has 1 fully saturated rings. The summed E-state index contributed by atoms with van der Waals surface area (Å²) < 4.78 is 101. The molecule has 1 N–H and O–H groups in total. The summed E-state index contributed by atoms with van der Waals surface area (Å²) >= 11 is 0. The molecule has 8 nitrogen and oxygen atoms in total. The van der Waals surface area contributed by atoms with E-state index in [0.717, 1.165) is 30.4 Å². The van der Waals surface area contributed by atoms with E-state index in [4.69, 9.17) is 4.74 Å². The van der Waals surface area contributed by atoms with Crippen LogP contribution in [0, 0.1) is 29.1 Å². The van der Waals surface area contributed by atoms with Gasteiger partial charge in [-0.25, -0.2) is 35.2 Å². The first kappa shape index (κ1) is 31.1. The number of hydrogen-bond acceptors (Lipinski definition) is 5. The normalized spacial score (nSPS) is 14.3. The number of carboxylic acid groups (broad SMARTS) is 1. The van der Waals surface area contributed by atoms with Crippen molar-refractivity contribution in [2.75, 3.05) is 31.7 Å². The van der Waals surface area contributed by atoms with Crippen LogP contribution in [0.1, 0.15) is 40.2 Å². The Kier molecular flexibility index (Phi) is 9.28. The summed E-state index contributed by atoms with van der Waals surface area (Å²) in [5, 5.41) is 9.21. The van der Waals surface area contributed by atoms with Gasteiger partial charge in [-0.2, -0.15) is 4.31 Å². The first-order chi connectivity index (χ1) is 19.8. The molecule has 0 bridgehead atoms. The van der Waals surface area contributed by atoms with Gasteiger partial charge in [0, 0.05) is 25.9 Å². The summed E-state index contributed by atoms with van der Waals surface area (Å²) in [7, 11) is -4.63. The molecule has 14 heteroatoms. The van der Waals surface area contributed by atoms with Crippen molar-refractivity contribution in [2.45, 2.75) is 30.2 Å². The topological polar surface area (TPSA) is 104 Å². The molecule has 0 aromatic heterocycles. The number of nitrogens with zero attached hydrogens (tertiary/aromatic N) is 2. The summed E-state index contributed by atoms with van der Waals surface area (Å²) in [5.74, 6) is -14.4. The molecular formula is C28H25F5N2O6S. The second-order valence-electron chi connectivity index (χ2n) is 9.62. The number of benzene rings is 3. The molecule has 1 heterocycles. The van der Waals surface area contributed by atoms with Crippen molar-refractivity contribution < 1.29 is 49.8 Å². The smallest absolute Gasteiger partial charge is 0.335 e. The third-order valence-electron chi connectivity index (χ3n) is 6.94. The molecule has 3 aromatic rings. The van der Waals surface area contributed by atoms with Crippen molar-refractivity contribution in [3.63, 3.8) is 0 Å². The summed E-state index contributed by atoms with van der Waals surface area (Å²) in [4.78, 5) is 23.7. The minimum Gasteiger partial charge on any atom is -0.478 e. The lowest BCUT2D eigenvalue weighted by atomic mass is 9.91. The van der Waals surface area contributed by atoms with Gasteiger partial charge in [-0.15, -0.1) is 0 Å². The summed E-state index contributed by atoms with van der Waals surface area (Å²) in [6.07, 6.45) is 1.70. The molecule has 1 aliphatic rings. The lowest BCUT2D eigenvalue weighted by Gasteiger charge is -2.26. The summed E-state index contributed by atoms with van der Waals surface area (Å²) in [5.41, 5.74) is 1.77. The monoisotopic (exact) mass is 612 g/mol. The fourth-order valence-electron chi connectivity index (χ4n) is 4.54. The van der Waals surface area contributed by atoms with Gasteiger partial charge in [0.2, 0.25) is 21.7 Å². The van der Waals surface area contributed by atoms with Gasteiger partial charge in [0.1, 0.15) is 0 Å². The third kappa shape index (κ3) is 6.30. The maximum Gasteiger partial charge on any atom is 0.335 e. The average molecular weight is 613 g/mol. The summed E-state index contributed by atoms with van der Waals surface area (Å²) in [6, 6.07) is 12.4. The Morgan fingerprint density at radius 3 is 1.90 bits per heavy atom. The van der Waals surface area contributed by atoms with Crippen molar-refractivity contribution in [1.82, 2.24) is 4.31 Å². The predicted octanol–water partition coefficient (Wildman–Crippen LogP) is 4.83. The van der Waals surface area contributed by atoms with Crippen LogP contribution in [-0.4, -0.2) is 56.5 Å². The largest absolute Gasteiger partial charge is 0.478 e. The molecule has 4 rings (SSSR count). The number of anilines is 1. The van der Waals surface area contributed by atoms with Gasteiger partial charge in [0.05, 0.1) is 18.7 Å². The van der Waals surface area contributed by atoms with Gasteiger partial charge in [-0.3, -0.25) is 4.79 Å². The first-order valence-corrected chi connectivity index (χ1v) is 14.0. The van der Waals surface area contributed by atoms with E-state index in [9.17, 15) is 45.1 Å². The van der Waals surface area contributed by atoms with Gasteiger partial charge in [0.15, 0.2) is 28.2 Å². The predicted molar refractivity (Wildman–Crippen MR) is 140 cm³/mol. The zero-order valence-electron chi connectivity index (χ0n) is 22.1. The zero-order valence-corrected chi connectivity index (χ0v) is 22.9. The highest BCUT2D eigenvalue weighted by atomic mass is 32.2. The van der Waals surface area contributed by atoms with E-state index in [1.54, 1.807) is 12.1 Å². The Hall–Kier alpha value is -3.88. The molecule has 3 aromatic carbocycles. The molecule has 224 valence electrons. The van der Waals surface area contributed by atoms with E-state index in [1.165, 1.54) is 24.3 Å². The van der Waals surface area contributed by atoms with E-state index in [0.29, 0.717) is 24.7 Å². The number of amides is 1. The molecule has 1 amide bonds. The minimum atomic E-state index is -5.38. The van der Waals surface area contributed by atoms with E-state index in [1.807, 2.05) is 12.1 Å². The highest BCUT2D eigenvalue weighted by molar-refractivity contribution is 7.89. The Morgan fingerprint density at radius 1 is 0.857 bits per heavy atom. The van der Waals surface area contributed by atoms with Gasteiger partial charge < -0.3 is 14.7 Å². The molecule has 42 heavy (non-hydrogen) atoms. The molecule has 1 aliphatic heterocycles. The number of ether oxygens (including phenoxy) is 1. The van der Waals surface area contributed by atoms with Crippen LogP contribution >= 0.6 is 0 Å². The fraction of sp³-hybridized carbons (Fsp3) is 0.286. The molecule has 0 atom stereocenters. The van der Waals surface area contributed by atoms with E-state index in [-0.39, 0.29) is 22.1 Å². The molecular weight excluding hydrogens is 587 g/mol. The van der Waals surface area contributed by atoms with Crippen molar-refractivity contribution >= 4 is 27.6 Å². The maximum atomic E-state index is 14.3. The molecule has 1 saturated heterocycles. The number of sulfonamides is 1. The van der Waals surface area contributed by atoms with Crippen LogP contribution in [0.4, 0.5) is 27.6 Å². The van der Waals surface area contributed by atoms with Crippen LogP contribution in [0.2, 0.25) is 0 Å². The van der Waals surface area contributed by atoms with Crippen LogP contribution in [0.3, 0.4) is 0 Å². The average Bonchev–Trinajstić information content (AvgIpc) is 2.98. The standard InChI is InChI=1S/C28H25F5N2O6S/c1-34(42(39,40)27-25(32)23(30)22(29)24(31)26(27)33)15-21(36)35(20-8-6-19(7-9-20)28(37)38)14-16-2-4-17(5-3-16)18-10-12-41-13-11-18/h2-9,18H,10-15H2,1H3,(H,37,38). The van der Waals surface area contributed by atoms with Crippen LogP contribution in [-0.2, 0) is 26.1 Å². The number of carboxylic acids is 1. The van der Waals surface area contributed by atoms with Crippen molar-refractivity contribution in [2.24, 2.45) is 0 Å². The molecule has 0 unspecified atom stereocenters. The fourth-order valence-corrected chi connectivity index (χ4v) is 5.77. The lowest BCUT2D eigenvalue weighted by molar-refractivity contribution is -0.118. The second kappa shape index (κ2) is 12.5. The molecule has 0 radical (unpaired) electrons. The Balaban J connectivity index is 1.63. The van der Waals surface area contributed by atoms with Gasteiger partial charge in [0.25, 0.3) is 0 Å². The van der Waals surface area contributed by atoms with Crippen molar-refractivity contribution in [1.29, 1.82) is 0 Å². The number of carbonyl (C=O) groups is 2. The van der Waals surface area contributed by atoms with E-state index < -0.39 is 62.4 Å². The first-order valence-electron chi connectivity index (χ1n) is 12.6. The maximum absolute atomic E-state index is 14.3. The van der Waals surface area contributed by atoms with Crippen LogP contribution in [0.5, 0.6) is 0 Å². The van der Waals surface area contributed by atoms with E-state index >= 15 is 0 Å². The Morgan fingerprint density at radius 2 is 1.38 bits per heavy atom.